The van der Waals surface area contributed by atoms with E-state index < -0.39 is 6.10 Å². The predicted molar refractivity (Wildman–Crippen MR) is 65.5 cm³/mol. The van der Waals surface area contributed by atoms with Crippen LogP contribution in [-0.4, -0.2) is 23.8 Å². The number of carbonyl (C=O) groups is 1. The van der Waals surface area contributed by atoms with Crippen LogP contribution >= 0.6 is 0 Å². The molecule has 1 unspecified atom stereocenters. The molecule has 1 atom stereocenters. The molecule has 0 saturated heterocycles. The SMILES string of the molecule is CCOC(=O)C1=C(C)C(O)CCC12CCCC2. The molecule has 0 heterocycles. The summed E-state index contributed by atoms with van der Waals surface area (Å²) in [6, 6.07) is 0. The first-order chi connectivity index (χ1) is 8.10. The zero-order valence-corrected chi connectivity index (χ0v) is 10.8. The van der Waals surface area contributed by atoms with Gasteiger partial charge in [0.15, 0.2) is 0 Å². The van der Waals surface area contributed by atoms with Crippen LogP contribution in [0, 0.1) is 5.41 Å². The lowest BCUT2D eigenvalue weighted by Crippen LogP contribution is -2.35. The van der Waals surface area contributed by atoms with E-state index in [9.17, 15) is 9.90 Å². The summed E-state index contributed by atoms with van der Waals surface area (Å²) >= 11 is 0. The van der Waals surface area contributed by atoms with Gasteiger partial charge in [-0.1, -0.05) is 12.8 Å². The second kappa shape index (κ2) is 4.81. The van der Waals surface area contributed by atoms with Gasteiger partial charge in [-0.05, 0) is 45.1 Å². The molecule has 0 bridgehead atoms. The third-order valence-electron chi connectivity index (χ3n) is 4.36. The van der Waals surface area contributed by atoms with Crippen molar-refractivity contribution in [2.24, 2.45) is 5.41 Å². The number of hydrogen-bond acceptors (Lipinski definition) is 3. The van der Waals surface area contributed by atoms with Crippen molar-refractivity contribution < 1.29 is 14.6 Å². The standard InChI is InChI=1S/C14H22O3/c1-3-17-13(16)12-10(2)11(15)6-9-14(12)7-4-5-8-14/h11,15H,3-9H2,1-2H3. The van der Waals surface area contributed by atoms with Gasteiger partial charge < -0.3 is 9.84 Å². The van der Waals surface area contributed by atoms with Gasteiger partial charge in [0, 0.05) is 11.0 Å². The highest BCUT2D eigenvalue weighted by molar-refractivity contribution is 5.91. The van der Waals surface area contributed by atoms with Crippen LogP contribution in [0.15, 0.2) is 11.1 Å². The first-order valence-corrected chi connectivity index (χ1v) is 6.67. The molecule has 2 aliphatic carbocycles. The first-order valence-electron chi connectivity index (χ1n) is 6.67. The smallest absolute Gasteiger partial charge is 0.334 e. The molecule has 2 rings (SSSR count). The topological polar surface area (TPSA) is 46.5 Å². The Morgan fingerprint density at radius 3 is 2.65 bits per heavy atom. The quantitative estimate of drug-likeness (QED) is 0.752. The summed E-state index contributed by atoms with van der Waals surface area (Å²) in [5.41, 5.74) is 1.64. The maximum absolute atomic E-state index is 12.1. The molecule has 17 heavy (non-hydrogen) atoms. The van der Waals surface area contributed by atoms with Crippen molar-refractivity contribution in [1.82, 2.24) is 0 Å². The number of carbonyl (C=O) groups excluding carboxylic acids is 1. The zero-order valence-electron chi connectivity index (χ0n) is 10.8. The highest BCUT2D eigenvalue weighted by Crippen LogP contribution is 2.52. The largest absolute Gasteiger partial charge is 0.463 e. The molecule has 96 valence electrons. The molecular formula is C14H22O3. The Balaban J connectivity index is 2.37. The van der Waals surface area contributed by atoms with E-state index in [1.165, 1.54) is 12.8 Å². The lowest BCUT2D eigenvalue weighted by atomic mass is 9.68. The van der Waals surface area contributed by atoms with Gasteiger partial charge in [-0.25, -0.2) is 4.79 Å². The molecule has 1 saturated carbocycles. The Bertz CT molecular complexity index is 337. The average Bonchev–Trinajstić information content (AvgIpc) is 2.74. The predicted octanol–water partition coefficient (Wildman–Crippen LogP) is 2.58. The molecular weight excluding hydrogens is 216 g/mol. The number of rotatable bonds is 2. The zero-order chi connectivity index (χ0) is 12.5. The van der Waals surface area contributed by atoms with Crippen LogP contribution in [0.2, 0.25) is 0 Å². The van der Waals surface area contributed by atoms with Gasteiger partial charge in [-0.3, -0.25) is 0 Å². The fourth-order valence-corrected chi connectivity index (χ4v) is 3.47. The van der Waals surface area contributed by atoms with Crippen molar-refractivity contribution >= 4 is 5.97 Å². The van der Waals surface area contributed by atoms with Gasteiger partial charge in [-0.2, -0.15) is 0 Å². The highest BCUT2D eigenvalue weighted by atomic mass is 16.5. The minimum absolute atomic E-state index is 0.00949. The van der Waals surface area contributed by atoms with Crippen molar-refractivity contribution in [2.75, 3.05) is 6.61 Å². The molecule has 1 spiro atoms. The summed E-state index contributed by atoms with van der Waals surface area (Å²) in [5, 5.41) is 9.94. The minimum atomic E-state index is -0.458. The Hall–Kier alpha value is -0.830. The summed E-state index contributed by atoms with van der Waals surface area (Å²) in [6.07, 6.45) is 5.78. The number of aliphatic hydroxyl groups excluding tert-OH is 1. The van der Waals surface area contributed by atoms with Crippen LogP contribution in [0.5, 0.6) is 0 Å². The van der Waals surface area contributed by atoms with E-state index in [0.717, 1.165) is 36.8 Å². The van der Waals surface area contributed by atoms with Gasteiger partial charge in [0.1, 0.15) is 0 Å². The molecule has 0 amide bonds. The molecule has 1 N–H and O–H groups in total. The van der Waals surface area contributed by atoms with E-state index in [2.05, 4.69) is 0 Å². The molecule has 3 nitrogen and oxygen atoms in total. The van der Waals surface area contributed by atoms with Crippen LogP contribution in [-0.2, 0) is 9.53 Å². The first kappa shape index (κ1) is 12.6. The van der Waals surface area contributed by atoms with Crippen LogP contribution in [0.1, 0.15) is 52.4 Å². The number of ether oxygens (including phenoxy) is 1. The lowest BCUT2D eigenvalue weighted by Gasteiger charge is -2.38. The summed E-state index contributed by atoms with van der Waals surface area (Å²) in [4.78, 5) is 12.1. The van der Waals surface area contributed by atoms with Gasteiger partial charge in [0.05, 0.1) is 12.7 Å². The summed E-state index contributed by atoms with van der Waals surface area (Å²) in [5.74, 6) is -0.203. The second-order valence-corrected chi connectivity index (χ2v) is 5.32. The van der Waals surface area contributed by atoms with Crippen LogP contribution in [0.4, 0.5) is 0 Å². The van der Waals surface area contributed by atoms with Crippen molar-refractivity contribution in [2.45, 2.75) is 58.5 Å². The number of hydrogen-bond donors (Lipinski definition) is 1. The van der Waals surface area contributed by atoms with Crippen molar-refractivity contribution in [1.29, 1.82) is 0 Å². The van der Waals surface area contributed by atoms with Gasteiger partial charge in [0.2, 0.25) is 0 Å². The number of esters is 1. The average molecular weight is 238 g/mol. The Kier molecular flexibility index (Phi) is 3.57. The van der Waals surface area contributed by atoms with E-state index in [-0.39, 0.29) is 11.4 Å². The molecule has 3 heteroatoms. The maximum Gasteiger partial charge on any atom is 0.334 e. The fraction of sp³-hybridized carbons (Fsp3) is 0.786. The Morgan fingerprint density at radius 2 is 2.06 bits per heavy atom. The van der Waals surface area contributed by atoms with E-state index in [0.29, 0.717) is 6.61 Å². The molecule has 0 aromatic heterocycles. The molecule has 0 aromatic rings. The van der Waals surface area contributed by atoms with Gasteiger partial charge >= 0.3 is 5.97 Å². The van der Waals surface area contributed by atoms with Crippen LogP contribution in [0.25, 0.3) is 0 Å². The maximum atomic E-state index is 12.1. The van der Waals surface area contributed by atoms with Crippen molar-refractivity contribution in [3.63, 3.8) is 0 Å². The Labute approximate surface area is 103 Å². The minimum Gasteiger partial charge on any atom is -0.463 e. The molecule has 0 aromatic carbocycles. The van der Waals surface area contributed by atoms with E-state index in [1.54, 1.807) is 0 Å². The molecule has 1 fully saturated rings. The van der Waals surface area contributed by atoms with E-state index in [4.69, 9.17) is 4.74 Å². The van der Waals surface area contributed by atoms with Crippen LogP contribution in [0.3, 0.4) is 0 Å². The third kappa shape index (κ3) is 2.13. The third-order valence-corrected chi connectivity index (χ3v) is 4.36. The fourth-order valence-electron chi connectivity index (χ4n) is 3.47. The summed E-state index contributed by atoms with van der Waals surface area (Å²) in [6.45, 7) is 4.12. The summed E-state index contributed by atoms with van der Waals surface area (Å²) in [7, 11) is 0. The van der Waals surface area contributed by atoms with Crippen LogP contribution < -0.4 is 0 Å². The summed E-state index contributed by atoms with van der Waals surface area (Å²) < 4.78 is 5.18. The van der Waals surface area contributed by atoms with Gasteiger partial charge in [0.25, 0.3) is 0 Å². The molecule has 0 radical (unpaired) electrons. The van der Waals surface area contributed by atoms with Gasteiger partial charge in [-0.15, -0.1) is 0 Å². The normalized spacial score (nSPS) is 27.6. The Morgan fingerprint density at radius 1 is 1.41 bits per heavy atom. The highest BCUT2D eigenvalue weighted by Gasteiger charge is 2.45. The van der Waals surface area contributed by atoms with Crippen molar-refractivity contribution in [3.05, 3.63) is 11.1 Å². The molecule has 2 aliphatic rings. The monoisotopic (exact) mass is 238 g/mol. The van der Waals surface area contributed by atoms with E-state index in [1.807, 2.05) is 13.8 Å². The second-order valence-electron chi connectivity index (χ2n) is 5.32. The van der Waals surface area contributed by atoms with E-state index >= 15 is 0 Å². The lowest BCUT2D eigenvalue weighted by molar-refractivity contribution is -0.140. The molecule has 0 aliphatic heterocycles. The number of aliphatic hydroxyl groups is 1. The van der Waals surface area contributed by atoms with Crippen molar-refractivity contribution in [3.8, 4) is 0 Å².